The maximum Gasteiger partial charge on any atom is 0.104 e. The second-order valence-electron chi connectivity index (χ2n) is 4.26. The highest BCUT2D eigenvalue weighted by atomic mass is 32.1. The van der Waals surface area contributed by atoms with Gasteiger partial charge >= 0.3 is 0 Å². The SMILES string of the molecule is CCCC1CC1(O)c1sc(C)nc1C. The highest BCUT2D eigenvalue weighted by molar-refractivity contribution is 7.11. The third kappa shape index (κ3) is 1.48. The van der Waals surface area contributed by atoms with Crippen molar-refractivity contribution in [2.45, 2.75) is 45.6 Å². The van der Waals surface area contributed by atoms with Gasteiger partial charge < -0.3 is 5.11 Å². The van der Waals surface area contributed by atoms with Gasteiger partial charge in [0.2, 0.25) is 0 Å². The number of rotatable bonds is 3. The Labute approximate surface area is 89.0 Å². The molecule has 1 N–H and O–H groups in total. The smallest absolute Gasteiger partial charge is 0.104 e. The minimum Gasteiger partial charge on any atom is -0.384 e. The maximum absolute atomic E-state index is 10.4. The average Bonchev–Trinajstić information content (AvgIpc) is 2.60. The largest absolute Gasteiger partial charge is 0.384 e. The molecule has 0 aromatic carbocycles. The summed E-state index contributed by atoms with van der Waals surface area (Å²) in [5.41, 5.74) is 0.500. The third-order valence-electron chi connectivity index (χ3n) is 3.01. The van der Waals surface area contributed by atoms with E-state index >= 15 is 0 Å². The molecular formula is C11H17NOS. The van der Waals surface area contributed by atoms with E-state index in [4.69, 9.17) is 0 Å². The fourth-order valence-electron chi connectivity index (χ4n) is 2.22. The van der Waals surface area contributed by atoms with Gasteiger partial charge in [0, 0.05) is 0 Å². The van der Waals surface area contributed by atoms with Crippen molar-refractivity contribution in [1.29, 1.82) is 0 Å². The first-order valence-corrected chi connectivity index (χ1v) is 6.06. The van der Waals surface area contributed by atoms with E-state index in [-0.39, 0.29) is 0 Å². The van der Waals surface area contributed by atoms with Gasteiger partial charge in [0.15, 0.2) is 0 Å². The molecule has 14 heavy (non-hydrogen) atoms. The van der Waals surface area contributed by atoms with Crippen LogP contribution in [-0.4, -0.2) is 10.1 Å². The lowest BCUT2D eigenvalue weighted by Gasteiger charge is -2.07. The quantitative estimate of drug-likeness (QED) is 0.834. The lowest BCUT2D eigenvalue weighted by atomic mass is 10.1. The Morgan fingerprint density at radius 1 is 1.57 bits per heavy atom. The molecule has 1 aliphatic rings. The van der Waals surface area contributed by atoms with Gasteiger partial charge in [-0.15, -0.1) is 11.3 Å². The molecule has 2 rings (SSSR count). The molecule has 0 radical (unpaired) electrons. The van der Waals surface area contributed by atoms with E-state index in [2.05, 4.69) is 11.9 Å². The van der Waals surface area contributed by atoms with Crippen molar-refractivity contribution in [2.24, 2.45) is 5.92 Å². The minimum atomic E-state index is -0.522. The summed E-state index contributed by atoms with van der Waals surface area (Å²) in [6, 6.07) is 0. The van der Waals surface area contributed by atoms with E-state index in [1.165, 1.54) is 0 Å². The van der Waals surface area contributed by atoms with Gasteiger partial charge in [-0.05, 0) is 32.6 Å². The molecule has 1 aromatic heterocycles. The van der Waals surface area contributed by atoms with Crippen molar-refractivity contribution in [3.8, 4) is 0 Å². The summed E-state index contributed by atoms with van der Waals surface area (Å²) >= 11 is 1.65. The molecule has 0 amide bonds. The number of hydrogen-bond acceptors (Lipinski definition) is 3. The number of thiazole rings is 1. The van der Waals surface area contributed by atoms with Crippen LogP contribution < -0.4 is 0 Å². The molecule has 0 aliphatic heterocycles. The van der Waals surface area contributed by atoms with Crippen molar-refractivity contribution in [3.63, 3.8) is 0 Å². The van der Waals surface area contributed by atoms with Gasteiger partial charge in [0.1, 0.15) is 5.60 Å². The van der Waals surface area contributed by atoms with Crippen LogP contribution in [0, 0.1) is 19.8 Å². The van der Waals surface area contributed by atoms with E-state index < -0.39 is 5.60 Å². The number of aromatic nitrogens is 1. The van der Waals surface area contributed by atoms with Gasteiger partial charge in [-0.2, -0.15) is 0 Å². The Morgan fingerprint density at radius 2 is 2.29 bits per heavy atom. The number of aryl methyl sites for hydroxylation is 2. The summed E-state index contributed by atoms with van der Waals surface area (Å²) in [4.78, 5) is 5.48. The van der Waals surface area contributed by atoms with Gasteiger partial charge in [-0.25, -0.2) is 4.98 Å². The first kappa shape index (κ1) is 10.1. The van der Waals surface area contributed by atoms with Gasteiger partial charge in [-0.3, -0.25) is 0 Å². The normalized spacial score (nSPS) is 30.7. The molecule has 1 fully saturated rings. The van der Waals surface area contributed by atoms with Crippen LogP contribution in [0.5, 0.6) is 0 Å². The zero-order valence-corrected chi connectivity index (χ0v) is 9.82. The summed E-state index contributed by atoms with van der Waals surface area (Å²) < 4.78 is 0. The molecule has 78 valence electrons. The summed E-state index contributed by atoms with van der Waals surface area (Å²) in [6.07, 6.45) is 3.22. The molecule has 1 aliphatic carbocycles. The van der Waals surface area contributed by atoms with Crippen LogP contribution in [0.1, 0.15) is 41.8 Å². The van der Waals surface area contributed by atoms with Crippen molar-refractivity contribution in [3.05, 3.63) is 15.6 Å². The van der Waals surface area contributed by atoms with Crippen molar-refractivity contribution in [1.82, 2.24) is 4.98 Å². The molecule has 0 bridgehead atoms. The molecule has 2 nitrogen and oxygen atoms in total. The van der Waals surface area contributed by atoms with Crippen LogP contribution >= 0.6 is 11.3 Å². The average molecular weight is 211 g/mol. The second-order valence-corrected chi connectivity index (χ2v) is 5.46. The Bertz CT molecular complexity index is 347. The third-order valence-corrected chi connectivity index (χ3v) is 4.25. The minimum absolute atomic E-state index is 0.478. The summed E-state index contributed by atoms with van der Waals surface area (Å²) in [5.74, 6) is 0.478. The van der Waals surface area contributed by atoms with Gasteiger partial charge in [0.25, 0.3) is 0 Å². The molecular weight excluding hydrogens is 194 g/mol. The number of aliphatic hydroxyl groups is 1. The standard InChI is InChI=1S/C11H17NOS/c1-4-5-9-6-11(9,13)10-7(2)12-8(3)14-10/h9,13H,4-6H2,1-3H3. The maximum atomic E-state index is 10.4. The van der Waals surface area contributed by atoms with Gasteiger partial charge in [0.05, 0.1) is 15.6 Å². The fraction of sp³-hybridized carbons (Fsp3) is 0.727. The van der Waals surface area contributed by atoms with Crippen LogP contribution in [0.15, 0.2) is 0 Å². The first-order valence-electron chi connectivity index (χ1n) is 5.24. The molecule has 0 saturated heterocycles. The molecule has 2 atom stereocenters. The lowest BCUT2D eigenvalue weighted by Crippen LogP contribution is -2.08. The van der Waals surface area contributed by atoms with E-state index in [1.54, 1.807) is 11.3 Å². The molecule has 0 spiro atoms. The molecule has 1 saturated carbocycles. The van der Waals surface area contributed by atoms with E-state index in [1.807, 2.05) is 13.8 Å². The predicted molar refractivity (Wildman–Crippen MR) is 58.5 cm³/mol. The Balaban J connectivity index is 2.20. The van der Waals surface area contributed by atoms with E-state index in [0.29, 0.717) is 5.92 Å². The van der Waals surface area contributed by atoms with Crippen molar-refractivity contribution >= 4 is 11.3 Å². The molecule has 3 heteroatoms. The second kappa shape index (κ2) is 3.31. The molecule has 2 unspecified atom stereocenters. The highest BCUT2D eigenvalue weighted by Gasteiger charge is 2.55. The first-order chi connectivity index (χ1) is 6.58. The van der Waals surface area contributed by atoms with Crippen molar-refractivity contribution in [2.75, 3.05) is 0 Å². The lowest BCUT2D eigenvalue weighted by molar-refractivity contribution is 0.132. The van der Waals surface area contributed by atoms with Crippen LogP contribution in [-0.2, 0) is 5.60 Å². The summed E-state index contributed by atoms with van der Waals surface area (Å²) in [5, 5.41) is 11.4. The topological polar surface area (TPSA) is 33.1 Å². The van der Waals surface area contributed by atoms with E-state index in [0.717, 1.165) is 34.8 Å². The molecule has 1 heterocycles. The Morgan fingerprint density at radius 3 is 2.79 bits per heavy atom. The van der Waals surface area contributed by atoms with Crippen LogP contribution in [0.3, 0.4) is 0 Å². The van der Waals surface area contributed by atoms with Crippen LogP contribution in [0.2, 0.25) is 0 Å². The van der Waals surface area contributed by atoms with Gasteiger partial charge in [-0.1, -0.05) is 13.3 Å². The zero-order chi connectivity index (χ0) is 10.3. The predicted octanol–water partition coefficient (Wildman–Crippen LogP) is 2.77. The summed E-state index contributed by atoms with van der Waals surface area (Å²) in [6.45, 7) is 6.17. The monoisotopic (exact) mass is 211 g/mol. The highest BCUT2D eigenvalue weighted by Crippen LogP contribution is 2.56. The van der Waals surface area contributed by atoms with Crippen LogP contribution in [0.4, 0.5) is 0 Å². The fourth-order valence-corrected chi connectivity index (χ4v) is 3.32. The number of hydrogen-bond donors (Lipinski definition) is 1. The Hall–Kier alpha value is -0.410. The Kier molecular flexibility index (Phi) is 2.40. The van der Waals surface area contributed by atoms with E-state index in [9.17, 15) is 5.11 Å². The number of nitrogens with zero attached hydrogens (tertiary/aromatic N) is 1. The summed E-state index contributed by atoms with van der Waals surface area (Å²) in [7, 11) is 0. The molecule has 1 aromatic rings. The zero-order valence-electron chi connectivity index (χ0n) is 9.00. The van der Waals surface area contributed by atoms with Crippen LogP contribution in [0.25, 0.3) is 0 Å². The van der Waals surface area contributed by atoms with Crippen molar-refractivity contribution < 1.29 is 5.11 Å².